The van der Waals surface area contributed by atoms with Gasteiger partial charge in [0.1, 0.15) is 5.75 Å². The standard InChI is InChI=1S/C26H26N6O3/c1-19(35-23-5-2-4-21(16-23)18-27)25(34)30-22-8-6-20(7-9-22)17-24(33)31-12-14-32(15-13-31)26-28-10-3-11-29-26/h2-11,16,19H,12-15,17H2,1H3,(H,30,34). The number of amides is 2. The summed E-state index contributed by atoms with van der Waals surface area (Å²) in [6, 6.07) is 17.7. The van der Waals surface area contributed by atoms with Crippen molar-refractivity contribution in [1.29, 1.82) is 5.26 Å². The average Bonchev–Trinajstić information content (AvgIpc) is 2.90. The highest BCUT2D eigenvalue weighted by Gasteiger charge is 2.22. The highest BCUT2D eigenvalue weighted by atomic mass is 16.5. The monoisotopic (exact) mass is 470 g/mol. The van der Waals surface area contributed by atoms with Crippen LogP contribution in [0.1, 0.15) is 18.1 Å². The lowest BCUT2D eigenvalue weighted by molar-refractivity contribution is -0.130. The largest absolute Gasteiger partial charge is 0.481 e. The second-order valence-corrected chi connectivity index (χ2v) is 8.18. The van der Waals surface area contributed by atoms with Crippen LogP contribution in [0.2, 0.25) is 0 Å². The third kappa shape index (κ3) is 6.32. The van der Waals surface area contributed by atoms with Crippen LogP contribution in [0.4, 0.5) is 11.6 Å². The van der Waals surface area contributed by atoms with E-state index in [9.17, 15) is 9.59 Å². The molecule has 0 saturated carbocycles. The highest BCUT2D eigenvalue weighted by Crippen LogP contribution is 2.17. The Balaban J connectivity index is 1.25. The zero-order valence-corrected chi connectivity index (χ0v) is 19.4. The Morgan fingerprint density at radius 2 is 1.77 bits per heavy atom. The summed E-state index contributed by atoms with van der Waals surface area (Å²) in [5.74, 6) is 0.902. The van der Waals surface area contributed by atoms with Crippen LogP contribution in [0.15, 0.2) is 67.0 Å². The van der Waals surface area contributed by atoms with Crippen LogP contribution in [0.5, 0.6) is 5.75 Å². The van der Waals surface area contributed by atoms with Gasteiger partial charge in [-0.25, -0.2) is 9.97 Å². The summed E-state index contributed by atoms with van der Waals surface area (Å²) < 4.78 is 5.65. The molecule has 4 rings (SSSR count). The third-order valence-corrected chi connectivity index (χ3v) is 5.69. The number of hydrogen-bond donors (Lipinski definition) is 1. The maximum absolute atomic E-state index is 12.8. The van der Waals surface area contributed by atoms with Crippen LogP contribution in [-0.2, 0) is 16.0 Å². The molecule has 1 N–H and O–H groups in total. The molecule has 0 spiro atoms. The molecular weight excluding hydrogens is 444 g/mol. The van der Waals surface area contributed by atoms with E-state index in [-0.39, 0.29) is 11.8 Å². The summed E-state index contributed by atoms with van der Waals surface area (Å²) in [6.45, 7) is 4.29. The summed E-state index contributed by atoms with van der Waals surface area (Å²) in [7, 11) is 0. The first-order chi connectivity index (χ1) is 17.0. The second-order valence-electron chi connectivity index (χ2n) is 8.18. The molecular formula is C26H26N6O3. The van der Waals surface area contributed by atoms with Gasteiger partial charge in [-0.1, -0.05) is 18.2 Å². The van der Waals surface area contributed by atoms with E-state index in [0.29, 0.717) is 55.5 Å². The molecule has 3 aromatic rings. The van der Waals surface area contributed by atoms with Gasteiger partial charge in [0.15, 0.2) is 6.10 Å². The number of nitrogens with one attached hydrogen (secondary N) is 1. The first kappa shape index (κ1) is 23.7. The Labute approximate surface area is 204 Å². The van der Waals surface area contributed by atoms with Crippen molar-refractivity contribution in [2.75, 3.05) is 36.4 Å². The number of benzene rings is 2. The van der Waals surface area contributed by atoms with Crippen molar-refractivity contribution in [2.45, 2.75) is 19.4 Å². The molecule has 178 valence electrons. The Bertz CT molecular complexity index is 1200. The minimum Gasteiger partial charge on any atom is -0.481 e. The number of carbonyl (C=O) groups excluding carboxylic acids is 2. The van der Waals surface area contributed by atoms with E-state index < -0.39 is 6.10 Å². The van der Waals surface area contributed by atoms with Gasteiger partial charge in [0.05, 0.1) is 18.1 Å². The number of aromatic nitrogens is 2. The van der Waals surface area contributed by atoms with Gasteiger partial charge >= 0.3 is 0 Å². The number of carbonyl (C=O) groups is 2. The predicted octanol–water partition coefficient (Wildman–Crippen LogP) is 2.65. The third-order valence-electron chi connectivity index (χ3n) is 5.69. The smallest absolute Gasteiger partial charge is 0.265 e. The highest BCUT2D eigenvalue weighted by molar-refractivity contribution is 5.94. The lowest BCUT2D eigenvalue weighted by Crippen LogP contribution is -2.49. The zero-order chi connectivity index (χ0) is 24.6. The van der Waals surface area contributed by atoms with Crippen molar-refractivity contribution in [3.05, 3.63) is 78.1 Å². The van der Waals surface area contributed by atoms with Crippen molar-refractivity contribution in [3.63, 3.8) is 0 Å². The van der Waals surface area contributed by atoms with Crippen LogP contribution >= 0.6 is 0 Å². The normalized spacial score (nSPS) is 14.1. The molecule has 35 heavy (non-hydrogen) atoms. The number of rotatable bonds is 7. The van der Waals surface area contributed by atoms with Crippen LogP contribution in [0.3, 0.4) is 0 Å². The molecule has 1 atom stereocenters. The average molecular weight is 471 g/mol. The zero-order valence-electron chi connectivity index (χ0n) is 19.4. The summed E-state index contributed by atoms with van der Waals surface area (Å²) in [6.07, 6.45) is 2.98. The molecule has 1 aliphatic heterocycles. The molecule has 1 aromatic heterocycles. The fourth-order valence-corrected chi connectivity index (χ4v) is 3.74. The van der Waals surface area contributed by atoms with Crippen molar-refractivity contribution < 1.29 is 14.3 Å². The summed E-state index contributed by atoms with van der Waals surface area (Å²) in [4.78, 5) is 37.7. The SMILES string of the molecule is CC(Oc1cccc(C#N)c1)C(=O)Nc1ccc(CC(=O)N2CCN(c3ncccn3)CC2)cc1. The van der Waals surface area contributed by atoms with Gasteiger partial charge in [-0.3, -0.25) is 9.59 Å². The van der Waals surface area contributed by atoms with Crippen LogP contribution in [-0.4, -0.2) is 59.0 Å². The molecule has 2 amide bonds. The Morgan fingerprint density at radius 1 is 1.06 bits per heavy atom. The fraction of sp³-hybridized carbons (Fsp3) is 0.269. The molecule has 0 radical (unpaired) electrons. The molecule has 2 heterocycles. The van der Waals surface area contributed by atoms with Gasteiger partial charge in [-0.05, 0) is 48.9 Å². The maximum Gasteiger partial charge on any atom is 0.265 e. The topological polar surface area (TPSA) is 111 Å². The lowest BCUT2D eigenvalue weighted by atomic mass is 10.1. The van der Waals surface area contributed by atoms with Gasteiger partial charge in [0.25, 0.3) is 5.91 Å². The van der Waals surface area contributed by atoms with E-state index in [4.69, 9.17) is 10.00 Å². The lowest BCUT2D eigenvalue weighted by Gasteiger charge is -2.34. The number of hydrogen-bond acceptors (Lipinski definition) is 7. The van der Waals surface area contributed by atoms with Gasteiger partial charge in [-0.15, -0.1) is 0 Å². The quantitative estimate of drug-likeness (QED) is 0.565. The minimum atomic E-state index is -0.745. The van der Waals surface area contributed by atoms with Crippen LogP contribution in [0, 0.1) is 11.3 Å². The van der Waals surface area contributed by atoms with Gasteiger partial charge in [-0.2, -0.15) is 5.26 Å². The number of nitriles is 1. The molecule has 1 unspecified atom stereocenters. The van der Waals surface area contributed by atoms with Crippen molar-refractivity contribution >= 4 is 23.5 Å². The fourth-order valence-electron chi connectivity index (χ4n) is 3.74. The number of anilines is 2. The van der Waals surface area contributed by atoms with E-state index in [2.05, 4.69) is 20.2 Å². The van der Waals surface area contributed by atoms with E-state index in [1.807, 2.05) is 23.1 Å². The number of nitrogens with zero attached hydrogens (tertiary/aromatic N) is 5. The van der Waals surface area contributed by atoms with Gasteiger partial charge < -0.3 is 19.9 Å². The predicted molar refractivity (Wildman–Crippen MR) is 131 cm³/mol. The molecule has 2 aromatic carbocycles. The molecule has 1 saturated heterocycles. The second kappa shape index (κ2) is 11.1. The molecule has 9 nitrogen and oxygen atoms in total. The summed E-state index contributed by atoms with van der Waals surface area (Å²) >= 11 is 0. The summed E-state index contributed by atoms with van der Waals surface area (Å²) in [5.41, 5.74) is 1.95. The van der Waals surface area contributed by atoms with E-state index >= 15 is 0 Å². The van der Waals surface area contributed by atoms with Crippen LogP contribution < -0.4 is 15.0 Å². The molecule has 0 bridgehead atoms. The van der Waals surface area contributed by atoms with Crippen molar-refractivity contribution in [2.24, 2.45) is 0 Å². The number of ether oxygens (including phenoxy) is 1. The maximum atomic E-state index is 12.8. The molecule has 0 aliphatic carbocycles. The number of piperazine rings is 1. The Morgan fingerprint density at radius 3 is 2.46 bits per heavy atom. The molecule has 1 aliphatic rings. The Kier molecular flexibility index (Phi) is 7.53. The minimum absolute atomic E-state index is 0.0667. The van der Waals surface area contributed by atoms with Gasteiger partial charge in [0, 0.05) is 44.3 Å². The van der Waals surface area contributed by atoms with Crippen LogP contribution in [0.25, 0.3) is 0 Å². The molecule has 1 fully saturated rings. The first-order valence-corrected chi connectivity index (χ1v) is 11.4. The van der Waals surface area contributed by atoms with E-state index in [0.717, 1.165) is 5.56 Å². The molecule has 9 heteroatoms. The Hall–Kier alpha value is -4.45. The van der Waals surface area contributed by atoms with E-state index in [1.54, 1.807) is 61.8 Å². The summed E-state index contributed by atoms with van der Waals surface area (Å²) in [5, 5.41) is 11.8. The first-order valence-electron chi connectivity index (χ1n) is 11.4. The van der Waals surface area contributed by atoms with Crippen molar-refractivity contribution in [3.8, 4) is 11.8 Å². The van der Waals surface area contributed by atoms with E-state index in [1.165, 1.54) is 0 Å². The van der Waals surface area contributed by atoms with Gasteiger partial charge in [0.2, 0.25) is 11.9 Å². The van der Waals surface area contributed by atoms with Crippen molar-refractivity contribution in [1.82, 2.24) is 14.9 Å².